The average molecular weight is 357 g/mol. The number of halogens is 1. The van der Waals surface area contributed by atoms with Gasteiger partial charge in [-0.2, -0.15) is 0 Å². The summed E-state index contributed by atoms with van der Waals surface area (Å²) >= 11 is 0. The van der Waals surface area contributed by atoms with E-state index in [0.29, 0.717) is 17.5 Å². The van der Waals surface area contributed by atoms with Gasteiger partial charge in [-0.3, -0.25) is 9.59 Å². The van der Waals surface area contributed by atoms with Crippen LogP contribution in [0, 0.1) is 11.8 Å². The van der Waals surface area contributed by atoms with Crippen molar-refractivity contribution in [2.24, 2.45) is 11.8 Å². The summed E-state index contributed by atoms with van der Waals surface area (Å²) < 4.78 is 21.7. The predicted octanol–water partition coefficient (Wildman–Crippen LogP) is 3.84. The largest absolute Gasteiger partial charge is 0.294 e. The summed E-state index contributed by atoms with van der Waals surface area (Å²) in [5.41, 5.74) is 1.07. The number of Topliss-reactive ketones (excluding diaryl/α,β-unsaturated/α-hetero) is 2. The van der Waals surface area contributed by atoms with Crippen LogP contribution in [0.2, 0.25) is 0 Å². The molecule has 6 heteroatoms. The van der Waals surface area contributed by atoms with Gasteiger partial charge >= 0.3 is 0 Å². The minimum Gasteiger partial charge on any atom is -0.294 e. The Kier molecular flexibility index (Phi) is 5.98. The minimum absolute atomic E-state index is 0.0167. The maximum absolute atomic E-state index is 12.6. The Balaban J connectivity index is 1.90. The Morgan fingerprint density at radius 1 is 1.13 bits per heavy atom. The second kappa shape index (κ2) is 7.58. The molecule has 2 atom stereocenters. The predicted molar refractivity (Wildman–Crippen MR) is 90.5 cm³/mol. The molecule has 0 heterocycles. The van der Waals surface area contributed by atoms with E-state index >= 15 is 0 Å². The third kappa shape index (κ3) is 4.88. The second-order valence-corrected chi connectivity index (χ2v) is 9.11. The van der Waals surface area contributed by atoms with Gasteiger partial charge in [0.05, 0.1) is 5.75 Å². The van der Waals surface area contributed by atoms with E-state index in [1.165, 1.54) is 0 Å². The molecule has 1 aromatic carbocycles. The van der Waals surface area contributed by atoms with Crippen molar-refractivity contribution in [2.45, 2.75) is 39.0 Å². The molecule has 0 aromatic heterocycles. The van der Waals surface area contributed by atoms with E-state index in [9.17, 15) is 18.0 Å². The smallest absolute Gasteiger partial charge is 0.232 e. The normalized spacial score (nSPS) is 19.5. The molecule has 1 aromatic rings. The zero-order chi connectivity index (χ0) is 17.0. The van der Waals surface area contributed by atoms with Crippen LogP contribution in [0.25, 0.3) is 0 Å². The van der Waals surface area contributed by atoms with Gasteiger partial charge in [0.15, 0.2) is 11.6 Å². The van der Waals surface area contributed by atoms with Crippen molar-refractivity contribution in [1.82, 2.24) is 0 Å². The molecular weight excluding hydrogens is 336 g/mol. The standard InChI is InChI=1S/C17H21ClO4S/c1-12(7-3-2-6-10-23(18,21)22)15-11-16(19)13-8-4-5-9-14(13)17(15)20/h4-5,8-9,12,15H,2-3,6-7,10-11H2,1H3/t12?,15-/m1/s1. The maximum atomic E-state index is 12.6. The highest BCUT2D eigenvalue weighted by Crippen LogP contribution is 2.32. The fraction of sp³-hybridized carbons (Fsp3) is 0.529. The zero-order valence-corrected chi connectivity index (χ0v) is 14.7. The van der Waals surface area contributed by atoms with Gasteiger partial charge < -0.3 is 0 Å². The van der Waals surface area contributed by atoms with Gasteiger partial charge in [-0.1, -0.05) is 44.0 Å². The molecule has 1 aliphatic rings. The quantitative estimate of drug-likeness (QED) is 0.550. The van der Waals surface area contributed by atoms with Gasteiger partial charge in [-0.25, -0.2) is 8.42 Å². The molecule has 0 radical (unpaired) electrons. The fourth-order valence-electron chi connectivity index (χ4n) is 3.12. The number of ketones is 2. The maximum Gasteiger partial charge on any atom is 0.232 e. The number of hydrogen-bond acceptors (Lipinski definition) is 4. The number of rotatable bonds is 7. The lowest BCUT2D eigenvalue weighted by Crippen LogP contribution is -2.31. The van der Waals surface area contributed by atoms with E-state index in [1.807, 2.05) is 6.92 Å². The molecule has 0 amide bonds. The molecule has 0 spiro atoms. The van der Waals surface area contributed by atoms with E-state index in [-0.39, 0.29) is 35.6 Å². The van der Waals surface area contributed by atoms with Crippen LogP contribution in [0.5, 0.6) is 0 Å². The number of carbonyl (C=O) groups is 2. The van der Waals surface area contributed by atoms with Crippen molar-refractivity contribution in [3.63, 3.8) is 0 Å². The Morgan fingerprint density at radius 3 is 2.43 bits per heavy atom. The first kappa shape index (κ1) is 18.1. The Hall–Kier alpha value is -1.20. The highest BCUT2D eigenvalue weighted by atomic mass is 35.7. The van der Waals surface area contributed by atoms with Crippen LogP contribution in [-0.4, -0.2) is 25.7 Å². The molecule has 0 aliphatic heterocycles. The van der Waals surface area contributed by atoms with Gasteiger partial charge in [0.1, 0.15) is 0 Å². The Morgan fingerprint density at radius 2 is 1.78 bits per heavy atom. The van der Waals surface area contributed by atoms with Gasteiger partial charge in [-0.05, 0) is 18.8 Å². The average Bonchev–Trinajstić information content (AvgIpc) is 2.49. The van der Waals surface area contributed by atoms with E-state index in [4.69, 9.17) is 10.7 Å². The molecule has 126 valence electrons. The molecule has 1 unspecified atom stereocenters. The number of carbonyl (C=O) groups excluding carboxylic acids is 2. The second-order valence-electron chi connectivity index (χ2n) is 6.21. The Bertz CT molecular complexity index is 696. The summed E-state index contributed by atoms with van der Waals surface area (Å²) in [6, 6.07) is 6.99. The van der Waals surface area contributed by atoms with E-state index in [2.05, 4.69) is 0 Å². The van der Waals surface area contributed by atoms with Crippen LogP contribution in [0.4, 0.5) is 0 Å². The van der Waals surface area contributed by atoms with Crippen LogP contribution in [-0.2, 0) is 9.05 Å². The first-order valence-corrected chi connectivity index (χ1v) is 10.4. The molecule has 4 nitrogen and oxygen atoms in total. The molecular formula is C17H21ClO4S. The topological polar surface area (TPSA) is 68.3 Å². The van der Waals surface area contributed by atoms with Crippen LogP contribution >= 0.6 is 10.7 Å². The van der Waals surface area contributed by atoms with Crippen molar-refractivity contribution < 1.29 is 18.0 Å². The SMILES string of the molecule is CC(CCCCCS(=O)(=O)Cl)[C@H]1CC(=O)c2ccccc2C1=O. The molecule has 0 fully saturated rings. The highest BCUT2D eigenvalue weighted by molar-refractivity contribution is 8.13. The van der Waals surface area contributed by atoms with E-state index in [0.717, 1.165) is 19.3 Å². The lowest BCUT2D eigenvalue weighted by atomic mass is 9.74. The number of benzene rings is 1. The van der Waals surface area contributed by atoms with Crippen molar-refractivity contribution in [2.75, 3.05) is 5.75 Å². The molecule has 1 aliphatic carbocycles. The summed E-state index contributed by atoms with van der Waals surface area (Å²) in [7, 11) is 1.75. The van der Waals surface area contributed by atoms with Crippen molar-refractivity contribution in [3.8, 4) is 0 Å². The lowest BCUT2D eigenvalue weighted by Gasteiger charge is -2.27. The minimum atomic E-state index is -3.42. The summed E-state index contributed by atoms with van der Waals surface area (Å²) in [5.74, 6) is -0.0974. The fourth-order valence-corrected chi connectivity index (χ4v) is 4.00. The van der Waals surface area contributed by atoms with Gasteiger partial charge in [0, 0.05) is 34.1 Å². The monoisotopic (exact) mass is 356 g/mol. The molecule has 23 heavy (non-hydrogen) atoms. The van der Waals surface area contributed by atoms with Crippen molar-refractivity contribution >= 4 is 31.3 Å². The molecule has 0 N–H and O–H groups in total. The summed E-state index contributed by atoms with van der Waals surface area (Å²) in [4.78, 5) is 24.8. The van der Waals surface area contributed by atoms with Crippen LogP contribution in [0.15, 0.2) is 24.3 Å². The first-order valence-electron chi connectivity index (χ1n) is 7.88. The van der Waals surface area contributed by atoms with Crippen LogP contribution < -0.4 is 0 Å². The third-order valence-electron chi connectivity index (χ3n) is 4.47. The third-order valence-corrected chi connectivity index (χ3v) is 5.71. The number of hydrogen-bond donors (Lipinski definition) is 0. The van der Waals surface area contributed by atoms with Crippen LogP contribution in [0.1, 0.15) is 59.7 Å². The molecule has 0 bridgehead atoms. The van der Waals surface area contributed by atoms with Gasteiger partial charge in [-0.15, -0.1) is 0 Å². The lowest BCUT2D eigenvalue weighted by molar-refractivity contribution is 0.0774. The van der Waals surface area contributed by atoms with Crippen LogP contribution in [0.3, 0.4) is 0 Å². The van der Waals surface area contributed by atoms with Crippen molar-refractivity contribution in [1.29, 1.82) is 0 Å². The molecule has 2 rings (SSSR count). The van der Waals surface area contributed by atoms with Gasteiger partial charge in [0.25, 0.3) is 0 Å². The molecule has 0 saturated heterocycles. The zero-order valence-electron chi connectivity index (χ0n) is 13.1. The summed E-state index contributed by atoms with van der Waals surface area (Å²) in [5, 5.41) is 0. The first-order chi connectivity index (χ1) is 10.8. The van der Waals surface area contributed by atoms with E-state index < -0.39 is 9.05 Å². The molecule has 0 saturated carbocycles. The Labute approximate surface area is 141 Å². The van der Waals surface area contributed by atoms with E-state index in [1.54, 1.807) is 24.3 Å². The van der Waals surface area contributed by atoms with Crippen molar-refractivity contribution in [3.05, 3.63) is 35.4 Å². The number of fused-ring (bicyclic) bond motifs is 1. The van der Waals surface area contributed by atoms with Gasteiger partial charge in [0.2, 0.25) is 9.05 Å². The summed E-state index contributed by atoms with van der Waals surface area (Å²) in [6.07, 6.45) is 3.18. The number of unbranched alkanes of at least 4 members (excludes halogenated alkanes) is 2. The highest BCUT2D eigenvalue weighted by Gasteiger charge is 2.35. The summed E-state index contributed by atoms with van der Waals surface area (Å²) in [6.45, 7) is 1.99.